The zero-order valence-corrected chi connectivity index (χ0v) is 9.57. The predicted octanol–water partition coefficient (Wildman–Crippen LogP) is 1.25. The number of ether oxygens (including phenoxy) is 1. The molecule has 0 aliphatic rings. The summed E-state index contributed by atoms with van der Waals surface area (Å²) in [6.45, 7) is 3.44. The molecule has 0 aliphatic carbocycles. The molecule has 0 radical (unpaired) electrons. The summed E-state index contributed by atoms with van der Waals surface area (Å²) in [7, 11) is 0. The number of aliphatic hydroxyl groups is 1. The van der Waals surface area contributed by atoms with E-state index < -0.39 is 0 Å². The first-order valence-electron chi connectivity index (χ1n) is 5.52. The van der Waals surface area contributed by atoms with Crippen molar-refractivity contribution in [3.63, 3.8) is 0 Å². The summed E-state index contributed by atoms with van der Waals surface area (Å²) in [6, 6.07) is 3.59. The molecule has 4 N–H and O–H groups in total. The molecule has 0 spiro atoms. The highest BCUT2D eigenvalue weighted by Crippen LogP contribution is 2.20. The number of unbranched alkanes of at least 4 members (excludes halogenated alkanes) is 1. The van der Waals surface area contributed by atoms with Gasteiger partial charge in [0.1, 0.15) is 5.82 Å². The van der Waals surface area contributed by atoms with Crippen molar-refractivity contribution in [2.75, 3.05) is 30.8 Å². The third-order valence-electron chi connectivity index (χ3n) is 2.06. The Morgan fingerprint density at radius 3 is 2.94 bits per heavy atom. The van der Waals surface area contributed by atoms with Gasteiger partial charge in [0.05, 0.1) is 12.3 Å². The number of hydrogen-bond donors (Lipinski definition) is 3. The smallest absolute Gasteiger partial charge is 0.239 e. The summed E-state index contributed by atoms with van der Waals surface area (Å²) in [4.78, 5) is 4.24. The molecule has 0 aliphatic heterocycles. The number of nitrogens with one attached hydrogen (secondary N) is 1. The first-order valence-corrected chi connectivity index (χ1v) is 5.52. The minimum absolute atomic E-state index is 0.223. The van der Waals surface area contributed by atoms with Crippen molar-refractivity contribution in [2.45, 2.75) is 19.8 Å². The van der Waals surface area contributed by atoms with E-state index in [4.69, 9.17) is 15.6 Å². The Hall–Kier alpha value is -1.49. The van der Waals surface area contributed by atoms with Gasteiger partial charge in [-0.3, -0.25) is 0 Å². The van der Waals surface area contributed by atoms with Gasteiger partial charge in [0.25, 0.3) is 0 Å². The average molecular weight is 225 g/mol. The summed E-state index contributed by atoms with van der Waals surface area (Å²) in [5, 5.41) is 11.8. The molecule has 0 atom stereocenters. The number of aliphatic hydroxyl groups excluding tert-OH is 1. The summed E-state index contributed by atoms with van der Waals surface area (Å²) in [5.41, 5.74) is 6.25. The molecule has 5 heteroatoms. The minimum Gasteiger partial charge on any atom is -0.476 e. The van der Waals surface area contributed by atoms with Crippen LogP contribution in [-0.2, 0) is 0 Å². The number of nitrogens with two attached hydrogens (primary N) is 1. The third-order valence-corrected chi connectivity index (χ3v) is 2.06. The van der Waals surface area contributed by atoms with E-state index in [0.717, 1.165) is 25.2 Å². The van der Waals surface area contributed by atoms with Gasteiger partial charge in [-0.25, -0.2) is 0 Å². The molecule has 90 valence electrons. The third kappa shape index (κ3) is 3.94. The van der Waals surface area contributed by atoms with Crippen LogP contribution in [0.5, 0.6) is 5.88 Å². The molecule has 0 fully saturated rings. The number of nitrogen functional groups attached to an aromatic ring is 1. The Balaban J connectivity index is 2.50. The van der Waals surface area contributed by atoms with Gasteiger partial charge >= 0.3 is 0 Å². The van der Waals surface area contributed by atoms with Crippen molar-refractivity contribution in [2.24, 2.45) is 0 Å². The van der Waals surface area contributed by atoms with Gasteiger partial charge in [-0.1, -0.05) is 0 Å². The summed E-state index contributed by atoms with van der Waals surface area (Å²) in [5.74, 6) is 1.21. The largest absolute Gasteiger partial charge is 0.476 e. The van der Waals surface area contributed by atoms with Gasteiger partial charge in [-0.05, 0) is 31.9 Å². The van der Waals surface area contributed by atoms with Crippen LogP contribution in [-0.4, -0.2) is 29.8 Å². The molecule has 0 saturated heterocycles. The summed E-state index contributed by atoms with van der Waals surface area (Å²) in [6.07, 6.45) is 1.70. The molecule has 0 bridgehead atoms. The Labute approximate surface area is 95.6 Å². The minimum atomic E-state index is 0.223. The van der Waals surface area contributed by atoms with E-state index in [-0.39, 0.29) is 6.61 Å². The quantitative estimate of drug-likeness (QED) is 0.608. The Bertz CT molecular complexity index is 318. The molecule has 1 heterocycles. The first-order chi connectivity index (χ1) is 7.77. The van der Waals surface area contributed by atoms with Gasteiger partial charge in [0, 0.05) is 13.2 Å². The topological polar surface area (TPSA) is 80.4 Å². The van der Waals surface area contributed by atoms with Crippen molar-refractivity contribution >= 4 is 11.5 Å². The number of nitrogens with zero attached hydrogens (tertiary/aromatic N) is 1. The fourth-order valence-electron chi connectivity index (χ4n) is 1.26. The van der Waals surface area contributed by atoms with Crippen LogP contribution in [0.4, 0.5) is 11.5 Å². The Morgan fingerprint density at radius 1 is 1.44 bits per heavy atom. The van der Waals surface area contributed by atoms with Crippen LogP contribution in [0.15, 0.2) is 12.1 Å². The lowest BCUT2D eigenvalue weighted by molar-refractivity contribution is 0.286. The lowest BCUT2D eigenvalue weighted by Gasteiger charge is -2.09. The van der Waals surface area contributed by atoms with Gasteiger partial charge in [0.2, 0.25) is 5.88 Å². The summed E-state index contributed by atoms with van der Waals surface area (Å²) >= 11 is 0. The first kappa shape index (κ1) is 12.6. The van der Waals surface area contributed by atoms with E-state index in [0.29, 0.717) is 18.2 Å². The Kier molecular flexibility index (Phi) is 5.42. The highest BCUT2D eigenvalue weighted by Gasteiger charge is 2.02. The number of aromatic nitrogens is 1. The molecule has 5 nitrogen and oxygen atoms in total. The molecular weight excluding hydrogens is 206 g/mol. The maximum atomic E-state index is 8.63. The molecule has 1 rings (SSSR count). The van der Waals surface area contributed by atoms with Crippen LogP contribution in [0.25, 0.3) is 0 Å². The zero-order valence-electron chi connectivity index (χ0n) is 9.57. The second kappa shape index (κ2) is 6.90. The highest BCUT2D eigenvalue weighted by molar-refractivity contribution is 5.53. The van der Waals surface area contributed by atoms with Crippen molar-refractivity contribution in [3.05, 3.63) is 12.1 Å². The maximum Gasteiger partial charge on any atom is 0.239 e. The zero-order chi connectivity index (χ0) is 11.8. The van der Waals surface area contributed by atoms with Crippen molar-refractivity contribution in [1.29, 1.82) is 0 Å². The van der Waals surface area contributed by atoms with Crippen LogP contribution >= 0.6 is 0 Å². The van der Waals surface area contributed by atoms with Gasteiger partial charge in [-0.2, -0.15) is 4.98 Å². The Morgan fingerprint density at radius 2 is 2.25 bits per heavy atom. The molecule has 0 saturated carbocycles. The molecule has 0 aromatic carbocycles. The van der Waals surface area contributed by atoms with Crippen molar-refractivity contribution in [1.82, 2.24) is 4.98 Å². The highest BCUT2D eigenvalue weighted by atomic mass is 16.5. The van der Waals surface area contributed by atoms with Gasteiger partial charge < -0.3 is 20.9 Å². The normalized spacial score (nSPS) is 10.1. The number of pyridine rings is 1. The van der Waals surface area contributed by atoms with Crippen LogP contribution in [0.3, 0.4) is 0 Å². The fraction of sp³-hybridized carbons (Fsp3) is 0.545. The van der Waals surface area contributed by atoms with Crippen molar-refractivity contribution < 1.29 is 9.84 Å². The van der Waals surface area contributed by atoms with E-state index >= 15 is 0 Å². The molecule has 0 amide bonds. The standard InChI is InChI=1S/C11H19N3O2/c1-2-16-11-9(12)5-6-10(14-11)13-7-3-4-8-15/h5-6,15H,2-4,7-8,12H2,1H3,(H,13,14). The average Bonchev–Trinajstić information content (AvgIpc) is 2.29. The van der Waals surface area contributed by atoms with E-state index in [1.54, 1.807) is 6.07 Å². The van der Waals surface area contributed by atoms with E-state index in [2.05, 4.69) is 10.3 Å². The van der Waals surface area contributed by atoms with E-state index in [9.17, 15) is 0 Å². The summed E-state index contributed by atoms with van der Waals surface area (Å²) < 4.78 is 5.29. The number of hydrogen-bond acceptors (Lipinski definition) is 5. The van der Waals surface area contributed by atoms with Crippen molar-refractivity contribution in [3.8, 4) is 5.88 Å². The van der Waals surface area contributed by atoms with Crippen LogP contribution in [0, 0.1) is 0 Å². The second-order valence-corrected chi connectivity index (χ2v) is 3.38. The van der Waals surface area contributed by atoms with Gasteiger partial charge in [0.15, 0.2) is 0 Å². The lowest BCUT2D eigenvalue weighted by atomic mass is 10.3. The molecular formula is C11H19N3O2. The molecule has 1 aromatic rings. The fourth-order valence-corrected chi connectivity index (χ4v) is 1.26. The molecule has 1 aromatic heterocycles. The molecule has 0 unspecified atom stereocenters. The van der Waals surface area contributed by atoms with Crippen LogP contribution in [0.1, 0.15) is 19.8 Å². The predicted molar refractivity (Wildman–Crippen MR) is 64.6 cm³/mol. The van der Waals surface area contributed by atoms with Crippen LogP contribution < -0.4 is 15.8 Å². The van der Waals surface area contributed by atoms with E-state index in [1.165, 1.54) is 0 Å². The SMILES string of the molecule is CCOc1nc(NCCCCO)ccc1N. The number of anilines is 2. The number of rotatable bonds is 7. The van der Waals surface area contributed by atoms with Gasteiger partial charge in [-0.15, -0.1) is 0 Å². The monoisotopic (exact) mass is 225 g/mol. The van der Waals surface area contributed by atoms with E-state index in [1.807, 2.05) is 13.0 Å². The lowest BCUT2D eigenvalue weighted by Crippen LogP contribution is -2.06. The maximum absolute atomic E-state index is 8.63. The van der Waals surface area contributed by atoms with Crippen LogP contribution in [0.2, 0.25) is 0 Å². The second-order valence-electron chi connectivity index (χ2n) is 3.38. The molecule has 16 heavy (non-hydrogen) atoms.